The van der Waals surface area contributed by atoms with Gasteiger partial charge in [0.2, 0.25) is 0 Å². The number of nitrogen functional groups attached to an aromatic ring is 1. The molecule has 0 aliphatic rings. The first-order valence-corrected chi connectivity index (χ1v) is 8.06. The van der Waals surface area contributed by atoms with Crippen LogP contribution in [-0.2, 0) is 9.53 Å². The lowest BCUT2D eigenvalue weighted by atomic mass is 9.96. The molecule has 1 aromatic carbocycles. The molecule has 0 aliphatic carbocycles. The number of nitrogens with zero attached hydrogens (tertiary/aromatic N) is 1. The standard InChI is InChI=1S/C20H23FN2O2/c1-5-6-15(19(24)25-20(2,3)4)18-11-13(9-10-23-18)16-12-14(21)7-8-17(16)22/h5,7-12,15H,1,6,22H2,2-4H3/t15-/m1/s1. The Kier molecular flexibility index (Phi) is 5.57. The zero-order chi connectivity index (χ0) is 18.6. The minimum atomic E-state index is -0.596. The summed E-state index contributed by atoms with van der Waals surface area (Å²) in [5, 5.41) is 0. The second kappa shape index (κ2) is 7.47. The first kappa shape index (κ1) is 18.6. The number of hydrogen-bond donors (Lipinski definition) is 1. The number of allylic oxidation sites excluding steroid dienone is 1. The lowest BCUT2D eigenvalue weighted by Gasteiger charge is -2.23. The van der Waals surface area contributed by atoms with Crippen molar-refractivity contribution in [3.63, 3.8) is 0 Å². The van der Waals surface area contributed by atoms with Crippen molar-refractivity contribution in [3.05, 3.63) is 60.7 Å². The Morgan fingerprint density at radius 2 is 2.08 bits per heavy atom. The van der Waals surface area contributed by atoms with Crippen molar-refractivity contribution < 1.29 is 13.9 Å². The van der Waals surface area contributed by atoms with Gasteiger partial charge < -0.3 is 10.5 Å². The number of benzene rings is 1. The summed E-state index contributed by atoms with van der Waals surface area (Å²) in [4.78, 5) is 16.8. The molecule has 2 N–H and O–H groups in total. The van der Waals surface area contributed by atoms with Crippen LogP contribution in [-0.4, -0.2) is 16.6 Å². The quantitative estimate of drug-likeness (QED) is 0.494. The van der Waals surface area contributed by atoms with Gasteiger partial charge in [0.25, 0.3) is 0 Å². The minimum Gasteiger partial charge on any atom is -0.459 e. The molecule has 1 heterocycles. The number of anilines is 1. The van der Waals surface area contributed by atoms with Crippen molar-refractivity contribution in [1.82, 2.24) is 4.98 Å². The van der Waals surface area contributed by atoms with Gasteiger partial charge >= 0.3 is 5.97 Å². The van der Waals surface area contributed by atoms with Gasteiger partial charge in [-0.05, 0) is 63.1 Å². The summed E-state index contributed by atoms with van der Waals surface area (Å²) in [6.45, 7) is 9.14. The van der Waals surface area contributed by atoms with Crippen molar-refractivity contribution in [1.29, 1.82) is 0 Å². The van der Waals surface area contributed by atoms with Crippen LogP contribution in [0, 0.1) is 5.82 Å². The summed E-state index contributed by atoms with van der Waals surface area (Å²) in [5.74, 6) is -1.33. The molecule has 0 radical (unpaired) electrons. The van der Waals surface area contributed by atoms with Gasteiger partial charge in [-0.25, -0.2) is 4.39 Å². The highest BCUT2D eigenvalue weighted by atomic mass is 19.1. The Morgan fingerprint density at radius 3 is 2.72 bits per heavy atom. The lowest BCUT2D eigenvalue weighted by Crippen LogP contribution is -2.28. The van der Waals surface area contributed by atoms with Crippen molar-refractivity contribution in [2.75, 3.05) is 5.73 Å². The molecule has 0 bridgehead atoms. The van der Waals surface area contributed by atoms with E-state index in [4.69, 9.17) is 10.5 Å². The lowest BCUT2D eigenvalue weighted by molar-refractivity contribution is -0.156. The van der Waals surface area contributed by atoms with Gasteiger partial charge in [-0.2, -0.15) is 0 Å². The van der Waals surface area contributed by atoms with E-state index in [-0.39, 0.29) is 11.8 Å². The number of carbonyl (C=O) groups is 1. The third-order valence-electron chi connectivity index (χ3n) is 3.56. The SMILES string of the molecule is C=CC[C@@H](C(=O)OC(C)(C)C)c1cc(-c2cc(F)ccc2N)ccn1. The van der Waals surface area contributed by atoms with Gasteiger partial charge in [0, 0.05) is 17.4 Å². The van der Waals surface area contributed by atoms with Gasteiger partial charge in [-0.15, -0.1) is 6.58 Å². The van der Waals surface area contributed by atoms with E-state index in [0.29, 0.717) is 28.9 Å². The number of halogens is 1. The third kappa shape index (κ3) is 4.89. The van der Waals surface area contributed by atoms with E-state index in [2.05, 4.69) is 11.6 Å². The third-order valence-corrected chi connectivity index (χ3v) is 3.56. The summed E-state index contributed by atoms with van der Waals surface area (Å²) in [6.07, 6.45) is 3.62. The smallest absolute Gasteiger partial charge is 0.315 e. The van der Waals surface area contributed by atoms with Crippen molar-refractivity contribution in [3.8, 4) is 11.1 Å². The Bertz CT molecular complexity index is 782. The molecule has 2 aromatic rings. The molecular formula is C20H23FN2O2. The van der Waals surface area contributed by atoms with E-state index in [0.717, 1.165) is 0 Å². The van der Waals surface area contributed by atoms with E-state index in [1.807, 2.05) is 20.8 Å². The first-order chi connectivity index (χ1) is 11.7. The van der Waals surface area contributed by atoms with Gasteiger partial charge in [-0.1, -0.05) is 6.08 Å². The van der Waals surface area contributed by atoms with Crippen LogP contribution >= 0.6 is 0 Å². The first-order valence-electron chi connectivity index (χ1n) is 8.06. The Balaban J connectivity index is 2.42. The maximum atomic E-state index is 13.6. The van der Waals surface area contributed by atoms with Crippen LogP contribution in [0.25, 0.3) is 11.1 Å². The molecule has 0 unspecified atom stereocenters. The molecular weight excluding hydrogens is 319 g/mol. The molecule has 0 saturated carbocycles. The monoisotopic (exact) mass is 342 g/mol. The number of nitrogens with two attached hydrogens (primary N) is 1. The van der Waals surface area contributed by atoms with Gasteiger partial charge in [0.05, 0.1) is 5.69 Å². The Morgan fingerprint density at radius 1 is 1.36 bits per heavy atom. The van der Waals surface area contributed by atoms with E-state index in [9.17, 15) is 9.18 Å². The molecule has 4 nitrogen and oxygen atoms in total. The normalized spacial score (nSPS) is 12.5. The molecule has 0 spiro atoms. The van der Waals surface area contributed by atoms with Crippen LogP contribution < -0.4 is 5.73 Å². The molecule has 1 aromatic heterocycles. The predicted octanol–water partition coefficient (Wildman–Crippen LogP) is 4.47. The molecule has 25 heavy (non-hydrogen) atoms. The van der Waals surface area contributed by atoms with Crippen molar-refractivity contribution >= 4 is 11.7 Å². The van der Waals surface area contributed by atoms with Crippen LogP contribution in [0.15, 0.2) is 49.2 Å². The second-order valence-electron chi connectivity index (χ2n) is 6.81. The molecule has 0 fully saturated rings. The van der Waals surface area contributed by atoms with E-state index < -0.39 is 11.5 Å². The average molecular weight is 342 g/mol. The molecule has 2 rings (SSSR count). The summed E-state index contributed by atoms with van der Waals surface area (Å²) in [6, 6.07) is 7.66. The van der Waals surface area contributed by atoms with Crippen molar-refractivity contribution in [2.45, 2.75) is 38.7 Å². The number of hydrogen-bond acceptors (Lipinski definition) is 4. The average Bonchev–Trinajstić information content (AvgIpc) is 2.53. The fourth-order valence-corrected chi connectivity index (χ4v) is 2.46. The Labute approximate surface area is 147 Å². The van der Waals surface area contributed by atoms with Crippen molar-refractivity contribution in [2.24, 2.45) is 0 Å². The number of rotatable bonds is 5. The van der Waals surface area contributed by atoms with Gasteiger partial charge in [0.15, 0.2) is 0 Å². The number of pyridine rings is 1. The summed E-state index contributed by atoms with van der Waals surface area (Å²) in [7, 11) is 0. The summed E-state index contributed by atoms with van der Waals surface area (Å²) < 4.78 is 19.1. The Hall–Kier alpha value is -2.69. The van der Waals surface area contributed by atoms with E-state index in [1.165, 1.54) is 18.2 Å². The minimum absolute atomic E-state index is 0.371. The maximum Gasteiger partial charge on any atom is 0.315 e. The highest BCUT2D eigenvalue weighted by Gasteiger charge is 2.27. The highest BCUT2D eigenvalue weighted by molar-refractivity contribution is 5.80. The van der Waals surface area contributed by atoms with Crippen LogP contribution in [0.3, 0.4) is 0 Å². The fraction of sp³-hybridized carbons (Fsp3) is 0.300. The number of aromatic nitrogens is 1. The molecule has 0 saturated heterocycles. The van der Waals surface area contributed by atoms with Crippen LogP contribution in [0.4, 0.5) is 10.1 Å². The number of carbonyl (C=O) groups excluding carboxylic acids is 1. The van der Waals surface area contributed by atoms with Crippen LogP contribution in [0.2, 0.25) is 0 Å². The summed E-state index contributed by atoms with van der Waals surface area (Å²) in [5.41, 5.74) is 7.60. The van der Waals surface area contributed by atoms with Crippen LogP contribution in [0.1, 0.15) is 38.8 Å². The van der Waals surface area contributed by atoms with Crippen LogP contribution in [0.5, 0.6) is 0 Å². The number of ether oxygens (including phenoxy) is 1. The summed E-state index contributed by atoms with van der Waals surface area (Å²) >= 11 is 0. The molecule has 132 valence electrons. The predicted molar refractivity (Wildman–Crippen MR) is 97.4 cm³/mol. The molecule has 0 aliphatic heterocycles. The number of esters is 1. The second-order valence-corrected chi connectivity index (χ2v) is 6.81. The topological polar surface area (TPSA) is 65.2 Å². The molecule has 5 heteroatoms. The fourth-order valence-electron chi connectivity index (χ4n) is 2.46. The highest BCUT2D eigenvalue weighted by Crippen LogP contribution is 2.30. The molecule has 1 atom stereocenters. The van der Waals surface area contributed by atoms with E-state index in [1.54, 1.807) is 24.4 Å². The van der Waals surface area contributed by atoms with E-state index >= 15 is 0 Å². The zero-order valence-corrected chi connectivity index (χ0v) is 14.8. The largest absolute Gasteiger partial charge is 0.459 e. The maximum absolute atomic E-state index is 13.6. The zero-order valence-electron chi connectivity index (χ0n) is 14.8. The van der Waals surface area contributed by atoms with Gasteiger partial charge in [0.1, 0.15) is 17.3 Å². The van der Waals surface area contributed by atoms with Gasteiger partial charge in [-0.3, -0.25) is 9.78 Å². The molecule has 0 amide bonds.